The molecule has 1 amide bonds. The minimum absolute atomic E-state index is 0.0132. The monoisotopic (exact) mass is 648 g/mol. The zero-order valence-corrected chi connectivity index (χ0v) is 29.4. The highest BCUT2D eigenvalue weighted by Gasteiger charge is 2.20. The third kappa shape index (κ3) is 19.3. The first-order chi connectivity index (χ1) is 21.3. The largest absolute Gasteiger partial charge is 0.385 e. The molecule has 1 aromatic heterocycles. The van der Waals surface area contributed by atoms with Crippen LogP contribution in [0.2, 0.25) is 5.02 Å². The highest BCUT2D eigenvalue weighted by Crippen LogP contribution is 2.19. The maximum atomic E-state index is 11.3. The summed E-state index contributed by atoms with van der Waals surface area (Å²) in [5.41, 5.74) is 3.72. The van der Waals surface area contributed by atoms with Gasteiger partial charge in [-0.25, -0.2) is 0 Å². The number of hydrogen-bond acceptors (Lipinski definition) is 6. The van der Waals surface area contributed by atoms with Crippen molar-refractivity contribution < 1.29 is 14.7 Å². The second-order valence-electron chi connectivity index (χ2n) is 9.03. The lowest BCUT2D eigenvalue weighted by Gasteiger charge is -2.36. The normalized spacial score (nSPS) is 12.3. The number of anilines is 1. The minimum atomic E-state index is -0.632. The predicted octanol–water partition coefficient (Wildman–Crippen LogP) is 7.84. The van der Waals surface area contributed by atoms with Crippen molar-refractivity contribution in [2.45, 2.75) is 61.0 Å². The lowest BCUT2D eigenvalue weighted by Crippen LogP contribution is -2.47. The number of piperazine rings is 1. The molecule has 4 rings (SSSR count). The molecule has 1 aliphatic heterocycles. The molecule has 1 aliphatic rings. The van der Waals surface area contributed by atoms with Gasteiger partial charge in [-0.2, -0.15) is 0 Å². The first-order valence-corrected chi connectivity index (χ1v) is 16.4. The highest BCUT2D eigenvalue weighted by atomic mass is 35.5. The molecule has 0 spiro atoms. The molecule has 7 nitrogen and oxygen atoms in total. The Labute approximate surface area is 276 Å². The SMILES string of the molecule is CC.CC.CC(=O)c1ccc(C(O)CN2CCN(c3ccc(C)cc3)CC2)nc1.CCCNC=O.CCl.Clc1ccccc1. The second kappa shape index (κ2) is 28.8. The van der Waals surface area contributed by atoms with E-state index in [-0.39, 0.29) is 5.78 Å². The van der Waals surface area contributed by atoms with E-state index in [4.69, 9.17) is 11.6 Å². The Morgan fingerprint density at radius 3 is 1.91 bits per heavy atom. The number of pyridine rings is 1. The Bertz CT molecular complexity index is 1080. The fourth-order valence-electron chi connectivity index (χ4n) is 3.71. The molecule has 0 saturated carbocycles. The van der Waals surface area contributed by atoms with Gasteiger partial charge in [-0.15, -0.1) is 11.6 Å². The Kier molecular flexibility index (Phi) is 28.2. The van der Waals surface area contributed by atoms with Crippen LogP contribution in [0.15, 0.2) is 72.9 Å². The van der Waals surface area contributed by atoms with Gasteiger partial charge >= 0.3 is 0 Å². The van der Waals surface area contributed by atoms with Gasteiger partial charge < -0.3 is 15.3 Å². The number of aliphatic hydroxyl groups is 1. The Morgan fingerprint density at radius 2 is 1.52 bits per heavy atom. The average Bonchev–Trinajstić information content (AvgIpc) is 3.08. The molecule has 1 unspecified atom stereocenters. The number of nitrogens with zero attached hydrogens (tertiary/aromatic N) is 3. The van der Waals surface area contributed by atoms with Crippen molar-refractivity contribution in [1.82, 2.24) is 15.2 Å². The number of aryl methyl sites for hydroxylation is 1. The molecular formula is C35H54Cl2N4O3. The molecule has 2 N–H and O–H groups in total. The number of rotatable bonds is 8. The van der Waals surface area contributed by atoms with E-state index in [9.17, 15) is 14.7 Å². The number of carbonyl (C=O) groups is 2. The van der Waals surface area contributed by atoms with Crippen molar-refractivity contribution in [2.75, 3.05) is 50.6 Å². The molecule has 9 heteroatoms. The van der Waals surface area contributed by atoms with Crippen molar-refractivity contribution in [3.63, 3.8) is 0 Å². The van der Waals surface area contributed by atoms with E-state index >= 15 is 0 Å². The van der Waals surface area contributed by atoms with Crippen LogP contribution >= 0.6 is 23.2 Å². The maximum absolute atomic E-state index is 11.3. The summed E-state index contributed by atoms with van der Waals surface area (Å²) in [4.78, 5) is 29.6. The van der Waals surface area contributed by atoms with Crippen molar-refractivity contribution in [1.29, 1.82) is 0 Å². The van der Waals surface area contributed by atoms with Crippen LogP contribution in [-0.4, -0.2) is 72.8 Å². The van der Waals surface area contributed by atoms with Gasteiger partial charge in [0.1, 0.15) is 6.10 Å². The van der Waals surface area contributed by atoms with Crippen molar-refractivity contribution in [3.05, 3.63) is 94.8 Å². The standard InChI is InChI=1S/C20H25N3O2.C6H5Cl.C4H9NO.2C2H6.CH3Cl/c1-15-3-6-18(7-4-15)23-11-9-22(10-12-23)14-20(25)19-8-5-17(13-21-19)16(2)24;7-6-4-2-1-3-5-6;1-2-3-5-4-6;3*1-2/h3-8,13,20,25H,9-12,14H2,1-2H3;1-5H;4H,2-3H2,1H3,(H,5,6);2*1-2H3;1H3. The van der Waals surface area contributed by atoms with E-state index in [0.29, 0.717) is 24.2 Å². The van der Waals surface area contributed by atoms with E-state index in [1.165, 1.54) is 30.8 Å². The van der Waals surface area contributed by atoms with Crippen LogP contribution in [0.3, 0.4) is 0 Å². The van der Waals surface area contributed by atoms with E-state index in [2.05, 4.69) is 62.9 Å². The van der Waals surface area contributed by atoms with Crippen LogP contribution in [-0.2, 0) is 4.79 Å². The molecule has 0 bridgehead atoms. The summed E-state index contributed by atoms with van der Waals surface area (Å²) >= 11 is 10.2. The maximum Gasteiger partial charge on any atom is 0.207 e. The Morgan fingerprint density at radius 1 is 0.955 bits per heavy atom. The second-order valence-corrected chi connectivity index (χ2v) is 9.47. The Balaban J connectivity index is 0. The lowest BCUT2D eigenvalue weighted by molar-refractivity contribution is -0.109. The highest BCUT2D eigenvalue weighted by molar-refractivity contribution is 6.30. The number of nitrogens with one attached hydrogen (secondary N) is 1. The van der Waals surface area contributed by atoms with E-state index in [0.717, 1.165) is 44.2 Å². The third-order valence-corrected chi connectivity index (χ3v) is 6.20. The third-order valence-electron chi connectivity index (χ3n) is 5.95. The van der Waals surface area contributed by atoms with Crippen molar-refractivity contribution in [2.24, 2.45) is 0 Å². The molecule has 1 saturated heterocycles. The molecule has 2 heterocycles. The molecule has 1 atom stereocenters. The van der Waals surface area contributed by atoms with Gasteiger partial charge in [0.05, 0.1) is 5.69 Å². The molecule has 44 heavy (non-hydrogen) atoms. The fourth-order valence-corrected chi connectivity index (χ4v) is 3.86. The number of alkyl halides is 1. The summed E-state index contributed by atoms with van der Waals surface area (Å²) in [5, 5.41) is 13.7. The van der Waals surface area contributed by atoms with Crippen LogP contribution in [0.1, 0.15) is 75.7 Å². The quantitative estimate of drug-likeness (QED) is 0.112. The predicted molar refractivity (Wildman–Crippen MR) is 189 cm³/mol. The molecule has 0 aliphatic carbocycles. The van der Waals surface area contributed by atoms with Crippen LogP contribution in [0.5, 0.6) is 0 Å². The molecule has 0 radical (unpaired) electrons. The number of Topliss-reactive ketones (excluding diaryl/α,β-unsaturated/α-hetero) is 1. The number of ketones is 1. The number of carbonyl (C=O) groups excluding carboxylic acids is 2. The lowest BCUT2D eigenvalue weighted by atomic mass is 10.1. The first-order valence-electron chi connectivity index (χ1n) is 15.3. The molecule has 3 aromatic rings. The number of halogens is 2. The molecule has 246 valence electrons. The summed E-state index contributed by atoms with van der Waals surface area (Å²) in [6.45, 7) is 18.7. The van der Waals surface area contributed by atoms with E-state index in [1.807, 2.05) is 65.0 Å². The van der Waals surface area contributed by atoms with E-state index in [1.54, 1.807) is 12.1 Å². The average molecular weight is 650 g/mol. The topological polar surface area (TPSA) is 85.8 Å². The minimum Gasteiger partial charge on any atom is -0.385 e. The van der Waals surface area contributed by atoms with Gasteiger partial charge in [0.15, 0.2) is 5.78 Å². The smallest absolute Gasteiger partial charge is 0.207 e. The van der Waals surface area contributed by atoms with Gasteiger partial charge in [-0.3, -0.25) is 19.5 Å². The number of hydrogen-bond donors (Lipinski definition) is 2. The number of benzene rings is 2. The van der Waals surface area contributed by atoms with Crippen LogP contribution in [0.4, 0.5) is 5.69 Å². The van der Waals surface area contributed by atoms with Crippen LogP contribution in [0.25, 0.3) is 0 Å². The van der Waals surface area contributed by atoms with E-state index < -0.39 is 6.10 Å². The van der Waals surface area contributed by atoms with Gasteiger partial charge in [-0.05, 0) is 56.7 Å². The van der Waals surface area contributed by atoms with Gasteiger partial charge in [-0.1, -0.05) is 82.1 Å². The summed E-state index contributed by atoms with van der Waals surface area (Å²) in [6.07, 6.45) is 4.10. The van der Waals surface area contributed by atoms with Crippen molar-refractivity contribution in [3.8, 4) is 0 Å². The summed E-state index contributed by atoms with van der Waals surface area (Å²) < 4.78 is 0. The summed E-state index contributed by atoms with van der Waals surface area (Å²) in [7, 11) is 0. The van der Waals surface area contributed by atoms with Gasteiger partial charge in [0.2, 0.25) is 6.41 Å². The molecular weight excluding hydrogens is 595 g/mol. The first kappa shape index (κ1) is 43.2. The number of amides is 1. The van der Waals surface area contributed by atoms with Crippen LogP contribution in [0, 0.1) is 6.92 Å². The van der Waals surface area contributed by atoms with Crippen molar-refractivity contribution >= 4 is 41.1 Å². The van der Waals surface area contributed by atoms with Gasteiger partial charge in [0, 0.05) is 68.1 Å². The molecule has 2 aromatic carbocycles. The summed E-state index contributed by atoms with van der Waals surface area (Å²) in [5.74, 6) is -0.0132. The van der Waals surface area contributed by atoms with Crippen LogP contribution < -0.4 is 10.2 Å². The zero-order chi connectivity index (χ0) is 33.8. The van der Waals surface area contributed by atoms with Gasteiger partial charge in [0.25, 0.3) is 0 Å². The fraction of sp³-hybridized carbons (Fsp3) is 0.457. The molecule has 1 fully saturated rings. The number of aliphatic hydroxyl groups excluding tert-OH is 1. The number of aromatic nitrogens is 1. The number of β-amino-alcohol motifs (C(OH)–C–C–N with tert-alkyl or cyclic N) is 1. The summed E-state index contributed by atoms with van der Waals surface area (Å²) in [6, 6.07) is 21.5. The Hall–Kier alpha value is -2.97. The zero-order valence-electron chi connectivity index (χ0n) is 27.9.